The van der Waals surface area contributed by atoms with Crippen LogP contribution in [-0.2, 0) is 4.79 Å². The maximum absolute atomic E-state index is 11.6. The highest BCUT2D eigenvalue weighted by Crippen LogP contribution is 2.25. The Morgan fingerprint density at radius 3 is 2.46 bits per heavy atom. The number of methoxy groups -OCH3 is 1. The van der Waals surface area contributed by atoms with Crippen molar-refractivity contribution >= 4 is 16.9 Å². The van der Waals surface area contributed by atoms with Crippen LogP contribution in [0.15, 0.2) is 57.9 Å². The third kappa shape index (κ3) is 4.42. The summed E-state index contributed by atoms with van der Waals surface area (Å²) in [6.45, 7) is 5.92. The van der Waals surface area contributed by atoms with Crippen LogP contribution < -0.4 is 15.2 Å². The number of ether oxygens (including phenoxy) is 1. The number of hydrogen-bond donors (Lipinski definition) is 0. The number of carboxylic acids is 1. The Bertz CT molecular complexity index is 1050. The van der Waals surface area contributed by atoms with Gasteiger partial charge in [0.05, 0.1) is 24.5 Å². The molecule has 1 unspecified atom stereocenters. The smallest absolute Gasteiger partial charge is 0.136 e. The highest BCUT2D eigenvalue weighted by Gasteiger charge is 2.12. The van der Waals surface area contributed by atoms with Gasteiger partial charge in [0.1, 0.15) is 17.1 Å². The zero-order valence-electron chi connectivity index (χ0n) is 16.6. The molecule has 28 heavy (non-hydrogen) atoms. The molecule has 0 bridgehead atoms. The van der Waals surface area contributed by atoms with Crippen LogP contribution in [0.25, 0.3) is 22.3 Å². The zero-order chi connectivity index (χ0) is 20.3. The summed E-state index contributed by atoms with van der Waals surface area (Å²) in [4.78, 5) is 16.2. The molecule has 5 nitrogen and oxygen atoms in total. The molecule has 1 aromatic heterocycles. The van der Waals surface area contributed by atoms with Gasteiger partial charge in [-0.25, -0.2) is 0 Å². The first-order valence-electron chi connectivity index (χ1n) is 9.31. The molecule has 0 aliphatic carbocycles. The summed E-state index contributed by atoms with van der Waals surface area (Å²) in [5, 5.41) is 13.0. The van der Waals surface area contributed by atoms with Crippen LogP contribution in [-0.4, -0.2) is 19.1 Å². The van der Waals surface area contributed by atoms with Crippen molar-refractivity contribution in [3.05, 3.63) is 59.5 Å². The van der Waals surface area contributed by atoms with E-state index in [2.05, 4.69) is 4.99 Å². The molecule has 0 radical (unpaired) electrons. The van der Waals surface area contributed by atoms with Crippen LogP contribution in [0.2, 0.25) is 0 Å². The molecule has 2 aromatic carbocycles. The van der Waals surface area contributed by atoms with E-state index < -0.39 is 12.0 Å². The van der Waals surface area contributed by atoms with E-state index in [9.17, 15) is 9.90 Å². The first kappa shape index (κ1) is 19.7. The maximum atomic E-state index is 11.6. The minimum Gasteiger partial charge on any atom is -0.548 e. The van der Waals surface area contributed by atoms with Crippen molar-refractivity contribution in [3.8, 4) is 17.1 Å². The molecule has 0 amide bonds. The second kappa shape index (κ2) is 8.30. The molecule has 3 aromatic rings. The van der Waals surface area contributed by atoms with E-state index in [1.807, 2.05) is 63.2 Å². The average Bonchev–Trinajstić information content (AvgIpc) is 2.67. The fourth-order valence-electron chi connectivity index (χ4n) is 3.10. The SMILES string of the molecule is COc1ccc(-c2cc(=NC(CC(C)C)C(=O)[O-])c3cc(C)ccc3o2)cc1. The Kier molecular flexibility index (Phi) is 5.83. The van der Waals surface area contributed by atoms with Crippen molar-refractivity contribution in [1.82, 2.24) is 0 Å². The quantitative estimate of drug-likeness (QED) is 0.658. The molecule has 5 heteroatoms. The fourth-order valence-corrected chi connectivity index (χ4v) is 3.10. The van der Waals surface area contributed by atoms with Crippen LogP contribution in [0.5, 0.6) is 5.75 Å². The molecule has 0 spiro atoms. The van der Waals surface area contributed by atoms with Gasteiger partial charge in [-0.3, -0.25) is 4.99 Å². The number of carbonyl (C=O) groups is 1. The number of aliphatic carboxylic acids is 1. The van der Waals surface area contributed by atoms with Crippen molar-refractivity contribution in [2.45, 2.75) is 33.2 Å². The van der Waals surface area contributed by atoms with Gasteiger partial charge in [-0.05, 0) is 55.7 Å². The minimum absolute atomic E-state index is 0.189. The zero-order valence-corrected chi connectivity index (χ0v) is 16.6. The Balaban J connectivity index is 2.22. The molecular formula is C23H24NO4-. The van der Waals surface area contributed by atoms with Gasteiger partial charge in [-0.15, -0.1) is 0 Å². The van der Waals surface area contributed by atoms with Crippen molar-refractivity contribution in [3.63, 3.8) is 0 Å². The van der Waals surface area contributed by atoms with Gasteiger partial charge in [0, 0.05) is 17.0 Å². The first-order valence-corrected chi connectivity index (χ1v) is 9.31. The lowest BCUT2D eigenvalue weighted by Gasteiger charge is -2.16. The Labute approximate surface area is 164 Å². The van der Waals surface area contributed by atoms with Crippen LogP contribution in [0.3, 0.4) is 0 Å². The molecule has 1 atom stereocenters. The van der Waals surface area contributed by atoms with Gasteiger partial charge in [0.15, 0.2) is 0 Å². The molecule has 0 saturated carbocycles. The number of carboxylic acid groups (broad SMARTS) is 1. The van der Waals surface area contributed by atoms with Crippen molar-refractivity contribution in [1.29, 1.82) is 0 Å². The number of rotatable bonds is 6. The normalized spacial score (nSPS) is 13.1. The van der Waals surface area contributed by atoms with E-state index in [0.717, 1.165) is 22.3 Å². The van der Waals surface area contributed by atoms with Crippen LogP contribution in [0.1, 0.15) is 25.8 Å². The predicted molar refractivity (Wildman–Crippen MR) is 107 cm³/mol. The van der Waals surface area contributed by atoms with Crippen LogP contribution in [0.4, 0.5) is 0 Å². The van der Waals surface area contributed by atoms with Crippen molar-refractivity contribution in [2.75, 3.05) is 7.11 Å². The lowest BCUT2D eigenvalue weighted by molar-refractivity contribution is -0.307. The maximum Gasteiger partial charge on any atom is 0.136 e. The number of nitrogens with zero attached hydrogens (tertiary/aromatic N) is 1. The number of carbonyl (C=O) groups excluding carboxylic acids is 1. The summed E-state index contributed by atoms with van der Waals surface area (Å²) >= 11 is 0. The predicted octanol–water partition coefficient (Wildman–Crippen LogP) is 3.48. The van der Waals surface area contributed by atoms with E-state index in [-0.39, 0.29) is 5.92 Å². The molecule has 1 heterocycles. The van der Waals surface area contributed by atoms with Gasteiger partial charge in [-0.1, -0.05) is 25.5 Å². The summed E-state index contributed by atoms with van der Waals surface area (Å²) in [7, 11) is 1.61. The summed E-state index contributed by atoms with van der Waals surface area (Å²) in [6, 6.07) is 14.2. The van der Waals surface area contributed by atoms with E-state index in [0.29, 0.717) is 23.1 Å². The monoisotopic (exact) mass is 378 g/mol. The third-order valence-electron chi connectivity index (χ3n) is 4.53. The van der Waals surface area contributed by atoms with Gasteiger partial charge >= 0.3 is 0 Å². The summed E-state index contributed by atoms with van der Waals surface area (Å²) in [5.74, 6) is 0.383. The molecular weight excluding hydrogens is 354 g/mol. The van der Waals surface area contributed by atoms with Gasteiger partial charge in [0.2, 0.25) is 0 Å². The highest BCUT2D eigenvalue weighted by molar-refractivity contribution is 5.79. The lowest BCUT2D eigenvalue weighted by Crippen LogP contribution is -2.36. The van der Waals surface area contributed by atoms with Crippen molar-refractivity contribution < 1.29 is 19.1 Å². The Morgan fingerprint density at radius 1 is 1.14 bits per heavy atom. The van der Waals surface area contributed by atoms with E-state index >= 15 is 0 Å². The second-order valence-electron chi connectivity index (χ2n) is 7.32. The third-order valence-corrected chi connectivity index (χ3v) is 4.53. The number of benzene rings is 2. The molecule has 3 rings (SSSR count). The number of fused-ring (bicyclic) bond motifs is 1. The fraction of sp³-hybridized carbons (Fsp3) is 0.304. The molecule has 0 aliphatic heterocycles. The average molecular weight is 378 g/mol. The molecule has 0 aliphatic rings. The van der Waals surface area contributed by atoms with Gasteiger partial charge < -0.3 is 19.1 Å². The lowest BCUT2D eigenvalue weighted by atomic mass is 10.0. The Hall–Kier alpha value is -3.08. The minimum atomic E-state index is -1.17. The molecule has 146 valence electrons. The topological polar surface area (TPSA) is 74.9 Å². The highest BCUT2D eigenvalue weighted by atomic mass is 16.5. The van der Waals surface area contributed by atoms with E-state index in [1.54, 1.807) is 13.2 Å². The molecule has 0 saturated heterocycles. The molecule has 0 fully saturated rings. The van der Waals surface area contributed by atoms with Crippen LogP contribution >= 0.6 is 0 Å². The first-order chi connectivity index (χ1) is 13.4. The largest absolute Gasteiger partial charge is 0.548 e. The number of hydrogen-bond acceptors (Lipinski definition) is 5. The summed E-state index contributed by atoms with van der Waals surface area (Å²) in [5.41, 5.74) is 2.55. The second-order valence-corrected chi connectivity index (χ2v) is 7.32. The summed E-state index contributed by atoms with van der Waals surface area (Å²) < 4.78 is 11.3. The standard InChI is InChI=1S/C23H25NO4/c1-14(2)11-20(23(25)26)24-19-13-22(16-6-8-17(27-4)9-7-16)28-21-10-5-15(3)12-18(19)21/h5-10,12-14,20H,11H2,1-4H3,(H,25,26)/p-1. The Morgan fingerprint density at radius 2 is 1.86 bits per heavy atom. The summed E-state index contributed by atoms with van der Waals surface area (Å²) in [6.07, 6.45) is 0.416. The van der Waals surface area contributed by atoms with E-state index in [1.165, 1.54) is 0 Å². The number of aryl methyl sites for hydroxylation is 1. The molecule has 0 N–H and O–H groups in total. The van der Waals surface area contributed by atoms with Crippen molar-refractivity contribution in [2.24, 2.45) is 10.9 Å². The van der Waals surface area contributed by atoms with Gasteiger partial charge in [0.25, 0.3) is 0 Å². The van der Waals surface area contributed by atoms with Crippen LogP contribution in [0, 0.1) is 12.8 Å². The van der Waals surface area contributed by atoms with E-state index in [4.69, 9.17) is 9.15 Å². The van der Waals surface area contributed by atoms with Gasteiger partial charge in [-0.2, -0.15) is 0 Å².